The van der Waals surface area contributed by atoms with Crippen LogP contribution in [-0.4, -0.2) is 42.7 Å². The van der Waals surface area contributed by atoms with Gasteiger partial charge in [0.1, 0.15) is 6.04 Å². The van der Waals surface area contributed by atoms with E-state index in [1.165, 1.54) is 0 Å². The molecule has 1 fully saturated rings. The van der Waals surface area contributed by atoms with E-state index in [0.29, 0.717) is 0 Å². The van der Waals surface area contributed by atoms with Crippen molar-refractivity contribution in [3.8, 4) is 0 Å². The number of piperazine rings is 1. The highest BCUT2D eigenvalue weighted by atomic mass is 19.4. The Balaban J connectivity index is 2.60. The number of halogens is 3. The van der Waals surface area contributed by atoms with Gasteiger partial charge in [-0.1, -0.05) is 6.58 Å². The van der Waals surface area contributed by atoms with Crippen molar-refractivity contribution in [3.63, 3.8) is 0 Å². The van der Waals surface area contributed by atoms with Gasteiger partial charge in [-0.25, -0.2) is 0 Å². The molecule has 1 amide bonds. The third kappa shape index (κ3) is 2.47. The zero-order valence-electron chi connectivity index (χ0n) is 7.47. The Morgan fingerprint density at radius 2 is 2.21 bits per heavy atom. The molecule has 6 heteroatoms. The number of nitrogens with zero attached hydrogens (tertiary/aromatic N) is 1. The van der Waals surface area contributed by atoms with E-state index in [9.17, 15) is 18.0 Å². The number of hydrogen-bond donors (Lipinski definition) is 1. The minimum absolute atomic E-state index is 0.157. The molecule has 1 N–H and O–H groups in total. The zero-order chi connectivity index (χ0) is 10.8. The molecule has 0 unspecified atom stereocenters. The SMILES string of the molecule is C=CC(=O)N1CCN[C@@H](C(F)(F)F)C1. The highest BCUT2D eigenvalue weighted by molar-refractivity contribution is 5.87. The van der Waals surface area contributed by atoms with Crippen molar-refractivity contribution in [2.45, 2.75) is 12.2 Å². The summed E-state index contributed by atoms with van der Waals surface area (Å²) in [5.74, 6) is -0.458. The van der Waals surface area contributed by atoms with E-state index in [1.807, 2.05) is 0 Å². The lowest BCUT2D eigenvalue weighted by atomic mass is 10.2. The number of hydrogen-bond acceptors (Lipinski definition) is 2. The van der Waals surface area contributed by atoms with Gasteiger partial charge < -0.3 is 10.2 Å². The van der Waals surface area contributed by atoms with Crippen LogP contribution in [0.25, 0.3) is 0 Å². The minimum Gasteiger partial charge on any atom is -0.336 e. The standard InChI is InChI=1S/C8H11F3N2O/c1-2-7(14)13-4-3-12-6(5-13)8(9,10)11/h2,6,12H,1,3-5H2/t6-/m1/s1. The van der Waals surface area contributed by atoms with Crippen molar-refractivity contribution in [1.82, 2.24) is 10.2 Å². The lowest BCUT2D eigenvalue weighted by molar-refractivity contribution is -0.166. The molecule has 0 spiro atoms. The molecule has 0 saturated carbocycles. The smallest absolute Gasteiger partial charge is 0.336 e. The first-order valence-corrected chi connectivity index (χ1v) is 4.16. The molecule has 0 aromatic rings. The van der Waals surface area contributed by atoms with E-state index in [-0.39, 0.29) is 19.6 Å². The molecule has 0 radical (unpaired) electrons. The molecule has 0 bridgehead atoms. The van der Waals surface area contributed by atoms with Crippen molar-refractivity contribution in [3.05, 3.63) is 12.7 Å². The van der Waals surface area contributed by atoms with E-state index < -0.39 is 18.1 Å². The fourth-order valence-electron chi connectivity index (χ4n) is 1.30. The van der Waals surface area contributed by atoms with Crippen LogP contribution in [0.4, 0.5) is 13.2 Å². The fraction of sp³-hybridized carbons (Fsp3) is 0.625. The van der Waals surface area contributed by atoms with Gasteiger partial charge in [0, 0.05) is 19.6 Å². The second-order valence-corrected chi connectivity index (χ2v) is 3.04. The number of nitrogens with one attached hydrogen (secondary N) is 1. The molecule has 1 aliphatic rings. The third-order valence-electron chi connectivity index (χ3n) is 2.06. The molecule has 1 heterocycles. The number of rotatable bonds is 1. The quantitative estimate of drug-likeness (QED) is 0.638. The average Bonchev–Trinajstić information content (AvgIpc) is 2.15. The first-order chi connectivity index (χ1) is 6.45. The van der Waals surface area contributed by atoms with Crippen LogP contribution >= 0.6 is 0 Å². The summed E-state index contributed by atoms with van der Waals surface area (Å²) >= 11 is 0. The Morgan fingerprint density at radius 1 is 1.57 bits per heavy atom. The summed E-state index contributed by atoms with van der Waals surface area (Å²) in [6.45, 7) is 3.34. The highest BCUT2D eigenvalue weighted by Crippen LogP contribution is 2.22. The van der Waals surface area contributed by atoms with Crippen LogP contribution < -0.4 is 5.32 Å². The van der Waals surface area contributed by atoms with Gasteiger partial charge in [-0.2, -0.15) is 13.2 Å². The number of amides is 1. The molecule has 0 aromatic carbocycles. The maximum absolute atomic E-state index is 12.3. The van der Waals surface area contributed by atoms with E-state index in [4.69, 9.17) is 0 Å². The summed E-state index contributed by atoms with van der Waals surface area (Å²) in [5, 5.41) is 2.31. The maximum atomic E-state index is 12.3. The van der Waals surface area contributed by atoms with Gasteiger partial charge in [0.05, 0.1) is 0 Å². The average molecular weight is 208 g/mol. The predicted molar refractivity (Wildman–Crippen MR) is 44.6 cm³/mol. The molecule has 0 aliphatic carbocycles. The maximum Gasteiger partial charge on any atom is 0.405 e. The summed E-state index contributed by atoms with van der Waals surface area (Å²) in [6, 6.07) is -1.62. The van der Waals surface area contributed by atoms with Crippen LogP contribution in [0.3, 0.4) is 0 Å². The topological polar surface area (TPSA) is 32.3 Å². The molecule has 1 atom stereocenters. The summed E-state index contributed by atoms with van der Waals surface area (Å²) < 4.78 is 36.8. The van der Waals surface area contributed by atoms with Crippen LogP contribution in [0.2, 0.25) is 0 Å². The van der Waals surface area contributed by atoms with Crippen LogP contribution in [0.5, 0.6) is 0 Å². The van der Waals surface area contributed by atoms with Gasteiger partial charge in [-0.3, -0.25) is 4.79 Å². The fourth-order valence-corrected chi connectivity index (χ4v) is 1.30. The Labute approximate surface area is 79.6 Å². The Bertz CT molecular complexity index is 239. The molecule has 80 valence electrons. The summed E-state index contributed by atoms with van der Waals surface area (Å²) in [5.41, 5.74) is 0. The Kier molecular flexibility index (Phi) is 3.15. The first-order valence-electron chi connectivity index (χ1n) is 4.16. The van der Waals surface area contributed by atoms with Crippen molar-refractivity contribution in [1.29, 1.82) is 0 Å². The second-order valence-electron chi connectivity index (χ2n) is 3.04. The first kappa shape index (κ1) is 11.0. The van der Waals surface area contributed by atoms with E-state index >= 15 is 0 Å². The van der Waals surface area contributed by atoms with Crippen LogP contribution in [0.1, 0.15) is 0 Å². The number of carbonyl (C=O) groups excluding carboxylic acids is 1. The van der Waals surface area contributed by atoms with Gasteiger partial charge in [0.15, 0.2) is 0 Å². The van der Waals surface area contributed by atoms with Crippen molar-refractivity contribution >= 4 is 5.91 Å². The highest BCUT2D eigenvalue weighted by Gasteiger charge is 2.42. The van der Waals surface area contributed by atoms with Gasteiger partial charge in [-0.05, 0) is 6.08 Å². The lowest BCUT2D eigenvalue weighted by Gasteiger charge is -2.33. The van der Waals surface area contributed by atoms with E-state index in [0.717, 1.165) is 11.0 Å². The summed E-state index contributed by atoms with van der Waals surface area (Å²) in [6.07, 6.45) is -3.28. The Hall–Kier alpha value is -1.04. The molecule has 1 rings (SSSR count). The van der Waals surface area contributed by atoms with Crippen LogP contribution in [-0.2, 0) is 4.79 Å². The van der Waals surface area contributed by atoms with Crippen molar-refractivity contribution in [2.75, 3.05) is 19.6 Å². The van der Waals surface area contributed by atoms with Gasteiger partial charge in [0.2, 0.25) is 5.91 Å². The van der Waals surface area contributed by atoms with Crippen LogP contribution in [0.15, 0.2) is 12.7 Å². The zero-order valence-corrected chi connectivity index (χ0v) is 7.47. The van der Waals surface area contributed by atoms with Crippen molar-refractivity contribution in [2.24, 2.45) is 0 Å². The van der Waals surface area contributed by atoms with E-state index in [1.54, 1.807) is 0 Å². The minimum atomic E-state index is -4.31. The number of carbonyl (C=O) groups is 1. The molecule has 1 saturated heterocycles. The van der Waals surface area contributed by atoms with E-state index in [2.05, 4.69) is 11.9 Å². The molecular weight excluding hydrogens is 197 g/mol. The largest absolute Gasteiger partial charge is 0.405 e. The number of alkyl halides is 3. The lowest BCUT2D eigenvalue weighted by Crippen LogP contribution is -2.58. The summed E-state index contributed by atoms with van der Waals surface area (Å²) in [7, 11) is 0. The molecule has 0 aromatic heterocycles. The monoisotopic (exact) mass is 208 g/mol. The van der Waals surface area contributed by atoms with Gasteiger partial charge >= 0.3 is 6.18 Å². The third-order valence-corrected chi connectivity index (χ3v) is 2.06. The molecular formula is C8H11F3N2O. The summed E-state index contributed by atoms with van der Waals surface area (Å²) in [4.78, 5) is 12.2. The van der Waals surface area contributed by atoms with Crippen molar-refractivity contribution < 1.29 is 18.0 Å². The van der Waals surface area contributed by atoms with Gasteiger partial charge in [-0.15, -0.1) is 0 Å². The molecule has 3 nitrogen and oxygen atoms in total. The normalized spacial score (nSPS) is 23.4. The Morgan fingerprint density at radius 3 is 2.71 bits per heavy atom. The van der Waals surface area contributed by atoms with Gasteiger partial charge in [0.25, 0.3) is 0 Å². The predicted octanol–water partition coefficient (Wildman–Crippen LogP) is 0.535. The molecule has 1 aliphatic heterocycles. The molecule has 14 heavy (non-hydrogen) atoms. The second kappa shape index (κ2) is 4.00. The van der Waals surface area contributed by atoms with Crippen LogP contribution in [0, 0.1) is 0 Å².